The zero-order chi connectivity index (χ0) is 16.8. The fraction of sp³-hybridized carbons (Fsp3) is 0.278. The number of anilines is 1. The highest BCUT2D eigenvalue weighted by Crippen LogP contribution is 2.28. The lowest BCUT2D eigenvalue weighted by Gasteiger charge is -2.13. The first-order valence-electron chi connectivity index (χ1n) is 7.42. The number of rotatable bonds is 5. The Morgan fingerprint density at radius 1 is 1.17 bits per heavy atom. The normalized spacial score (nSPS) is 10.3. The van der Waals surface area contributed by atoms with Crippen molar-refractivity contribution in [2.75, 3.05) is 26.0 Å². The van der Waals surface area contributed by atoms with Crippen LogP contribution >= 0.6 is 11.6 Å². The maximum atomic E-state index is 11.6. The second kappa shape index (κ2) is 7.88. The molecule has 0 aliphatic carbocycles. The number of ether oxygens (including phenoxy) is 1. The van der Waals surface area contributed by atoms with Crippen LogP contribution in [0.2, 0.25) is 5.02 Å². The molecule has 5 heteroatoms. The van der Waals surface area contributed by atoms with Crippen molar-refractivity contribution in [3.8, 4) is 5.75 Å². The second-order valence-electron chi connectivity index (χ2n) is 5.55. The summed E-state index contributed by atoms with van der Waals surface area (Å²) in [6.07, 6.45) is 0.815. The van der Waals surface area contributed by atoms with Crippen LogP contribution in [0.1, 0.15) is 11.1 Å². The predicted molar refractivity (Wildman–Crippen MR) is 94.5 cm³/mol. The van der Waals surface area contributed by atoms with E-state index in [0.717, 1.165) is 6.42 Å². The minimum Gasteiger partial charge on any atom is -0.492 e. The maximum Gasteiger partial charge on any atom is 0.321 e. The summed E-state index contributed by atoms with van der Waals surface area (Å²) in [5.41, 5.74) is 3.11. The minimum atomic E-state index is -0.200. The third-order valence-electron chi connectivity index (χ3n) is 3.36. The van der Waals surface area contributed by atoms with Gasteiger partial charge in [0.1, 0.15) is 5.75 Å². The fourth-order valence-corrected chi connectivity index (χ4v) is 2.20. The summed E-state index contributed by atoms with van der Waals surface area (Å²) in [5.74, 6) is 0.613. The lowest BCUT2D eigenvalue weighted by Crippen LogP contribution is -2.27. The van der Waals surface area contributed by atoms with Crippen LogP contribution in [0.4, 0.5) is 10.5 Å². The molecule has 0 fully saturated rings. The maximum absolute atomic E-state index is 11.6. The van der Waals surface area contributed by atoms with Crippen molar-refractivity contribution in [1.29, 1.82) is 0 Å². The molecule has 0 saturated heterocycles. The Morgan fingerprint density at radius 2 is 1.87 bits per heavy atom. The Labute approximate surface area is 142 Å². The SMILES string of the molecule is Cc1ccc(CCOc2ccc(NC(=O)N(C)C)cc2Cl)cc1. The molecule has 0 radical (unpaired) electrons. The molecule has 122 valence electrons. The molecule has 2 rings (SSSR count). The van der Waals surface area contributed by atoms with E-state index in [1.807, 2.05) is 0 Å². The third kappa shape index (κ3) is 5.18. The molecule has 4 nitrogen and oxygen atoms in total. The molecular weight excluding hydrogens is 312 g/mol. The number of aryl methyl sites for hydroxylation is 1. The first kappa shape index (κ1) is 17.2. The molecule has 1 N–H and O–H groups in total. The average molecular weight is 333 g/mol. The molecule has 0 bridgehead atoms. The van der Waals surface area contributed by atoms with Crippen molar-refractivity contribution in [3.63, 3.8) is 0 Å². The van der Waals surface area contributed by atoms with Gasteiger partial charge in [-0.15, -0.1) is 0 Å². The van der Waals surface area contributed by atoms with E-state index in [0.29, 0.717) is 23.1 Å². The van der Waals surface area contributed by atoms with E-state index in [1.54, 1.807) is 32.3 Å². The lowest BCUT2D eigenvalue weighted by molar-refractivity contribution is 0.230. The molecule has 0 spiro atoms. The second-order valence-corrected chi connectivity index (χ2v) is 5.96. The summed E-state index contributed by atoms with van der Waals surface area (Å²) in [4.78, 5) is 13.1. The summed E-state index contributed by atoms with van der Waals surface area (Å²) in [5, 5.41) is 3.22. The highest BCUT2D eigenvalue weighted by molar-refractivity contribution is 6.32. The van der Waals surface area contributed by atoms with Crippen molar-refractivity contribution < 1.29 is 9.53 Å². The molecule has 0 aliphatic rings. The Morgan fingerprint density at radius 3 is 2.48 bits per heavy atom. The number of carbonyl (C=O) groups is 1. The van der Waals surface area contributed by atoms with E-state index in [9.17, 15) is 4.79 Å². The van der Waals surface area contributed by atoms with Gasteiger partial charge < -0.3 is 15.0 Å². The van der Waals surface area contributed by atoms with Crippen molar-refractivity contribution in [3.05, 3.63) is 58.6 Å². The van der Waals surface area contributed by atoms with E-state index in [2.05, 4.69) is 36.5 Å². The summed E-state index contributed by atoms with van der Waals surface area (Å²) in [7, 11) is 3.36. The zero-order valence-electron chi connectivity index (χ0n) is 13.6. The van der Waals surface area contributed by atoms with Gasteiger partial charge in [-0.1, -0.05) is 41.4 Å². The fourth-order valence-electron chi connectivity index (χ4n) is 1.96. The number of amides is 2. The molecule has 0 heterocycles. The van der Waals surface area contributed by atoms with Gasteiger partial charge in [0.05, 0.1) is 11.6 Å². The minimum absolute atomic E-state index is 0.200. The quantitative estimate of drug-likeness (QED) is 0.883. The summed E-state index contributed by atoms with van der Waals surface area (Å²) >= 11 is 6.21. The van der Waals surface area contributed by atoms with E-state index in [-0.39, 0.29) is 6.03 Å². The van der Waals surface area contributed by atoms with Gasteiger partial charge in [0.15, 0.2) is 0 Å². The molecule has 2 amide bonds. The largest absolute Gasteiger partial charge is 0.492 e. The van der Waals surface area contributed by atoms with E-state index in [4.69, 9.17) is 16.3 Å². The number of nitrogens with one attached hydrogen (secondary N) is 1. The van der Waals surface area contributed by atoms with Gasteiger partial charge in [-0.25, -0.2) is 4.79 Å². The topological polar surface area (TPSA) is 41.6 Å². The van der Waals surface area contributed by atoms with Gasteiger partial charge >= 0.3 is 6.03 Å². The van der Waals surface area contributed by atoms with Crippen molar-refractivity contribution in [2.45, 2.75) is 13.3 Å². The summed E-state index contributed by atoms with van der Waals surface area (Å²) in [6, 6.07) is 13.4. The van der Waals surface area contributed by atoms with Crippen LogP contribution in [0.3, 0.4) is 0 Å². The standard InChI is InChI=1S/C18H21ClN2O2/c1-13-4-6-14(7-5-13)10-11-23-17-9-8-15(12-16(17)19)20-18(22)21(2)3/h4-9,12H,10-11H2,1-3H3,(H,20,22). The number of hydrogen-bond donors (Lipinski definition) is 1. The molecule has 0 unspecified atom stereocenters. The smallest absolute Gasteiger partial charge is 0.321 e. The monoisotopic (exact) mass is 332 g/mol. The molecular formula is C18H21ClN2O2. The van der Waals surface area contributed by atoms with Gasteiger partial charge in [-0.2, -0.15) is 0 Å². The Balaban J connectivity index is 1.90. The van der Waals surface area contributed by atoms with Gasteiger partial charge in [-0.05, 0) is 30.7 Å². The zero-order valence-corrected chi connectivity index (χ0v) is 14.4. The van der Waals surface area contributed by atoms with Crippen LogP contribution < -0.4 is 10.1 Å². The summed E-state index contributed by atoms with van der Waals surface area (Å²) < 4.78 is 5.72. The number of urea groups is 1. The molecule has 0 aliphatic heterocycles. The summed E-state index contributed by atoms with van der Waals surface area (Å²) in [6.45, 7) is 2.61. The lowest BCUT2D eigenvalue weighted by atomic mass is 10.1. The Hall–Kier alpha value is -2.20. The number of nitrogens with zero attached hydrogens (tertiary/aromatic N) is 1. The van der Waals surface area contributed by atoms with Gasteiger partial charge in [0.25, 0.3) is 0 Å². The van der Waals surface area contributed by atoms with Crippen molar-refractivity contribution in [2.24, 2.45) is 0 Å². The van der Waals surface area contributed by atoms with Crippen LogP contribution in [0, 0.1) is 6.92 Å². The van der Waals surface area contributed by atoms with Crippen LogP contribution in [0.5, 0.6) is 5.75 Å². The van der Waals surface area contributed by atoms with Gasteiger partial charge in [0, 0.05) is 26.2 Å². The molecule has 23 heavy (non-hydrogen) atoms. The molecule has 2 aromatic rings. The Kier molecular flexibility index (Phi) is 5.88. The number of benzene rings is 2. The predicted octanol–water partition coefficient (Wildman–Crippen LogP) is 4.36. The number of halogens is 1. The van der Waals surface area contributed by atoms with Gasteiger partial charge in [0.2, 0.25) is 0 Å². The number of hydrogen-bond acceptors (Lipinski definition) is 2. The average Bonchev–Trinajstić information content (AvgIpc) is 2.51. The highest BCUT2D eigenvalue weighted by atomic mass is 35.5. The highest BCUT2D eigenvalue weighted by Gasteiger charge is 2.07. The van der Waals surface area contributed by atoms with E-state index < -0.39 is 0 Å². The molecule has 0 atom stereocenters. The number of carbonyl (C=O) groups excluding carboxylic acids is 1. The van der Waals surface area contributed by atoms with E-state index >= 15 is 0 Å². The molecule has 0 aromatic heterocycles. The van der Waals surface area contributed by atoms with Crippen LogP contribution in [-0.2, 0) is 6.42 Å². The van der Waals surface area contributed by atoms with Crippen molar-refractivity contribution in [1.82, 2.24) is 4.90 Å². The Bertz CT molecular complexity index is 669. The van der Waals surface area contributed by atoms with E-state index in [1.165, 1.54) is 16.0 Å². The third-order valence-corrected chi connectivity index (χ3v) is 3.65. The van der Waals surface area contributed by atoms with Gasteiger partial charge in [-0.3, -0.25) is 0 Å². The van der Waals surface area contributed by atoms with Crippen molar-refractivity contribution >= 4 is 23.3 Å². The molecule has 0 saturated carbocycles. The van der Waals surface area contributed by atoms with Crippen LogP contribution in [0.25, 0.3) is 0 Å². The van der Waals surface area contributed by atoms with Crippen LogP contribution in [0.15, 0.2) is 42.5 Å². The van der Waals surface area contributed by atoms with Crippen LogP contribution in [-0.4, -0.2) is 31.6 Å². The first-order valence-corrected chi connectivity index (χ1v) is 7.79. The first-order chi connectivity index (χ1) is 11.0. The molecule has 2 aromatic carbocycles.